The molecule has 138 valence electrons. The molecule has 0 aliphatic heterocycles. The molecule has 1 heterocycles. The summed E-state index contributed by atoms with van der Waals surface area (Å²) in [6.45, 7) is 1.73. The third kappa shape index (κ3) is 4.64. The van der Waals surface area contributed by atoms with Gasteiger partial charge < -0.3 is 19.5 Å². The Morgan fingerprint density at radius 2 is 2.00 bits per heavy atom. The molecule has 1 atom stereocenters. The third-order valence-corrected chi connectivity index (χ3v) is 3.86. The molecule has 0 fully saturated rings. The highest BCUT2D eigenvalue weighted by Crippen LogP contribution is 2.29. The van der Waals surface area contributed by atoms with Crippen molar-refractivity contribution in [3.63, 3.8) is 0 Å². The molecule has 1 N–H and O–H groups in total. The second-order valence-corrected chi connectivity index (χ2v) is 5.56. The molecule has 8 heteroatoms. The lowest BCUT2D eigenvalue weighted by Crippen LogP contribution is -2.32. The van der Waals surface area contributed by atoms with Crippen molar-refractivity contribution in [2.45, 2.75) is 19.4 Å². The lowest BCUT2D eigenvalue weighted by atomic mass is 10.2. The lowest BCUT2D eigenvalue weighted by molar-refractivity contribution is -0.124. The van der Waals surface area contributed by atoms with Crippen LogP contribution in [0.25, 0.3) is 0 Å². The van der Waals surface area contributed by atoms with E-state index in [2.05, 4.69) is 10.3 Å². The van der Waals surface area contributed by atoms with Crippen molar-refractivity contribution in [2.75, 3.05) is 19.5 Å². The number of carbonyl (C=O) groups excluding carboxylic acids is 2. The number of methoxy groups -OCH3 is 2. The molecule has 2 aromatic rings. The average molecular weight is 379 g/mol. The number of pyridine rings is 1. The number of hydrogen-bond acceptors (Lipinski definition) is 6. The number of amides is 1. The molecule has 0 saturated heterocycles. The highest BCUT2D eigenvalue weighted by atomic mass is 35.5. The zero-order valence-electron chi connectivity index (χ0n) is 14.6. The van der Waals surface area contributed by atoms with E-state index in [-0.39, 0.29) is 17.1 Å². The van der Waals surface area contributed by atoms with Crippen LogP contribution >= 0.6 is 11.6 Å². The number of benzene rings is 1. The van der Waals surface area contributed by atoms with Gasteiger partial charge in [0.2, 0.25) is 0 Å². The van der Waals surface area contributed by atoms with Gasteiger partial charge in [-0.1, -0.05) is 18.5 Å². The summed E-state index contributed by atoms with van der Waals surface area (Å²) < 4.78 is 15.6. The SMILES string of the molecule is CCC(OC(=O)c1cccnc1Cl)C(=O)Nc1ccc(OC)cc1OC. The van der Waals surface area contributed by atoms with Gasteiger partial charge in [0, 0.05) is 12.3 Å². The average Bonchev–Trinajstić information content (AvgIpc) is 2.66. The minimum atomic E-state index is -0.995. The Kier molecular flexibility index (Phi) is 6.80. The van der Waals surface area contributed by atoms with Crippen molar-refractivity contribution in [1.29, 1.82) is 0 Å². The lowest BCUT2D eigenvalue weighted by Gasteiger charge is -2.17. The first kappa shape index (κ1) is 19.5. The summed E-state index contributed by atoms with van der Waals surface area (Å²) >= 11 is 5.88. The molecule has 1 aromatic carbocycles. The summed E-state index contributed by atoms with van der Waals surface area (Å²) in [7, 11) is 3.01. The minimum Gasteiger partial charge on any atom is -0.497 e. The highest BCUT2D eigenvalue weighted by Gasteiger charge is 2.24. The fourth-order valence-corrected chi connectivity index (χ4v) is 2.36. The summed E-state index contributed by atoms with van der Waals surface area (Å²) in [5.41, 5.74) is 0.537. The van der Waals surface area contributed by atoms with E-state index in [0.29, 0.717) is 17.2 Å². The summed E-state index contributed by atoms with van der Waals surface area (Å²) in [5, 5.41) is 2.71. The van der Waals surface area contributed by atoms with Gasteiger partial charge >= 0.3 is 5.97 Å². The normalized spacial score (nSPS) is 11.4. The zero-order valence-corrected chi connectivity index (χ0v) is 15.4. The largest absolute Gasteiger partial charge is 0.497 e. The molecule has 2 rings (SSSR count). The van der Waals surface area contributed by atoms with Gasteiger partial charge in [0.1, 0.15) is 16.7 Å². The number of anilines is 1. The second-order valence-electron chi connectivity index (χ2n) is 5.20. The van der Waals surface area contributed by atoms with Crippen molar-refractivity contribution in [2.24, 2.45) is 0 Å². The van der Waals surface area contributed by atoms with Crippen LogP contribution in [0.4, 0.5) is 5.69 Å². The van der Waals surface area contributed by atoms with E-state index in [1.54, 1.807) is 31.2 Å². The molecule has 26 heavy (non-hydrogen) atoms. The topological polar surface area (TPSA) is 86.8 Å². The van der Waals surface area contributed by atoms with Crippen LogP contribution in [0.1, 0.15) is 23.7 Å². The highest BCUT2D eigenvalue weighted by molar-refractivity contribution is 6.32. The summed E-state index contributed by atoms with van der Waals surface area (Å²) in [6, 6.07) is 8.00. The Balaban J connectivity index is 2.12. The molecule has 0 saturated carbocycles. The van der Waals surface area contributed by atoms with Gasteiger partial charge in [0.15, 0.2) is 6.10 Å². The van der Waals surface area contributed by atoms with Crippen molar-refractivity contribution >= 4 is 29.2 Å². The molecule has 0 radical (unpaired) electrons. The van der Waals surface area contributed by atoms with Crippen molar-refractivity contribution < 1.29 is 23.8 Å². The first-order valence-corrected chi connectivity index (χ1v) is 8.22. The quantitative estimate of drug-likeness (QED) is 0.587. The number of hydrogen-bond donors (Lipinski definition) is 1. The zero-order chi connectivity index (χ0) is 19.1. The third-order valence-electron chi connectivity index (χ3n) is 3.56. The number of ether oxygens (including phenoxy) is 3. The van der Waals surface area contributed by atoms with Crippen LogP contribution in [0.3, 0.4) is 0 Å². The van der Waals surface area contributed by atoms with Gasteiger partial charge in [-0.3, -0.25) is 4.79 Å². The number of halogens is 1. The van der Waals surface area contributed by atoms with Gasteiger partial charge in [-0.05, 0) is 30.7 Å². The van der Waals surface area contributed by atoms with Crippen LogP contribution in [-0.2, 0) is 9.53 Å². The van der Waals surface area contributed by atoms with E-state index in [1.165, 1.54) is 26.5 Å². The molecule has 1 amide bonds. The van der Waals surface area contributed by atoms with E-state index in [1.807, 2.05) is 0 Å². The van der Waals surface area contributed by atoms with Crippen LogP contribution in [-0.4, -0.2) is 37.2 Å². The van der Waals surface area contributed by atoms with Gasteiger partial charge in [-0.2, -0.15) is 0 Å². The maximum Gasteiger partial charge on any atom is 0.342 e. The van der Waals surface area contributed by atoms with E-state index in [0.717, 1.165) is 0 Å². The minimum absolute atomic E-state index is 0.0181. The predicted molar refractivity (Wildman–Crippen MR) is 96.9 cm³/mol. The van der Waals surface area contributed by atoms with Crippen LogP contribution < -0.4 is 14.8 Å². The maximum absolute atomic E-state index is 12.5. The number of carbonyl (C=O) groups is 2. The van der Waals surface area contributed by atoms with Crippen LogP contribution in [0.5, 0.6) is 11.5 Å². The number of esters is 1. The summed E-state index contributed by atoms with van der Waals surface area (Å²) in [6.07, 6.45) is 0.748. The monoisotopic (exact) mass is 378 g/mol. The standard InChI is InChI=1S/C18H19ClN2O5/c1-4-14(26-18(23)12-6-5-9-20-16(12)19)17(22)21-13-8-7-11(24-2)10-15(13)25-3/h5-10,14H,4H2,1-3H3,(H,21,22). The first-order chi connectivity index (χ1) is 12.5. The molecule has 7 nitrogen and oxygen atoms in total. The number of nitrogens with zero attached hydrogens (tertiary/aromatic N) is 1. The molecule has 0 aliphatic carbocycles. The van der Waals surface area contributed by atoms with Gasteiger partial charge in [-0.15, -0.1) is 0 Å². The fourth-order valence-electron chi connectivity index (χ4n) is 2.17. The van der Waals surface area contributed by atoms with E-state index >= 15 is 0 Å². The molecule has 0 spiro atoms. The predicted octanol–water partition coefficient (Wildman–Crippen LogP) is 3.33. The number of aromatic nitrogens is 1. The van der Waals surface area contributed by atoms with Gasteiger partial charge in [0.05, 0.1) is 25.5 Å². The first-order valence-electron chi connectivity index (χ1n) is 7.84. The number of rotatable bonds is 7. The second kappa shape index (κ2) is 9.05. The van der Waals surface area contributed by atoms with Crippen molar-refractivity contribution in [1.82, 2.24) is 4.98 Å². The maximum atomic E-state index is 12.5. The van der Waals surface area contributed by atoms with Gasteiger partial charge in [-0.25, -0.2) is 9.78 Å². The van der Waals surface area contributed by atoms with Crippen molar-refractivity contribution in [3.05, 3.63) is 47.2 Å². The van der Waals surface area contributed by atoms with E-state index in [4.69, 9.17) is 25.8 Å². The Labute approximate surface area is 156 Å². The number of nitrogens with one attached hydrogen (secondary N) is 1. The Morgan fingerprint density at radius 1 is 1.23 bits per heavy atom. The Bertz CT molecular complexity index is 797. The van der Waals surface area contributed by atoms with E-state index < -0.39 is 18.0 Å². The van der Waals surface area contributed by atoms with Gasteiger partial charge in [0.25, 0.3) is 5.91 Å². The fraction of sp³-hybridized carbons (Fsp3) is 0.278. The molecule has 0 bridgehead atoms. The van der Waals surface area contributed by atoms with Crippen LogP contribution in [0.2, 0.25) is 5.15 Å². The molecule has 0 aliphatic rings. The van der Waals surface area contributed by atoms with Crippen LogP contribution in [0.15, 0.2) is 36.5 Å². The Morgan fingerprint density at radius 3 is 2.62 bits per heavy atom. The van der Waals surface area contributed by atoms with E-state index in [9.17, 15) is 9.59 Å². The molecular formula is C18H19ClN2O5. The smallest absolute Gasteiger partial charge is 0.342 e. The van der Waals surface area contributed by atoms with Crippen LogP contribution in [0, 0.1) is 0 Å². The summed E-state index contributed by atoms with van der Waals surface area (Å²) in [5.74, 6) is -0.185. The Hall–Kier alpha value is -2.80. The molecular weight excluding hydrogens is 360 g/mol. The molecule has 1 unspecified atom stereocenters. The van der Waals surface area contributed by atoms with Crippen molar-refractivity contribution in [3.8, 4) is 11.5 Å². The molecule has 1 aromatic heterocycles. The summed E-state index contributed by atoms with van der Waals surface area (Å²) in [4.78, 5) is 28.5.